The van der Waals surface area contributed by atoms with Gasteiger partial charge in [-0.3, -0.25) is 0 Å². The van der Waals surface area contributed by atoms with Gasteiger partial charge in [0.05, 0.1) is 4.90 Å². The van der Waals surface area contributed by atoms with Gasteiger partial charge in [-0.2, -0.15) is 0 Å². The molecule has 0 bridgehead atoms. The van der Waals surface area contributed by atoms with Gasteiger partial charge in [0.15, 0.2) is 0 Å². The summed E-state index contributed by atoms with van der Waals surface area (Å²) in [6.07, 6.45) is 2.13. The van der Waals surface area contributed by atoms with Gasteiger partial charge in [-0.25, -0.2) is 8.42 Å². The van der Waals surface area contributed by atoms with E-state index in [0.29, 0.717) is 0 Å². The second-order valence-electron chi connectivity index (χ2n) is 8.93. The number of hydrazine groups is 1. The second-order valence-corrected chi connectivity index (χ2v) is 10.6. The van der Waals surface area contributed by atoms with E-state index in [4.69, 9.17) is 0 Å². The zero-order valence-electron chi connectivity index (χ0n) is 17.8. The van der Waals surface area contributed by atoms with Crippen LogP contribution in [0.5, 0.6) is 0 Å². The van der Waals surface area contributed by atoms with E-state index in [0.717, 1.165) is 11.3 Å². The van der Waals surface area contributed by atoms with Gasteiger partial charge in [0, 0.05) is 16.5 Å². The summed E-state index contributed by atoms with van der Waals surface area (Å²) in [6, 6.07) is 11.3. The minimum Gasteiger partial charge on any atom is -0.311 e. The second kappa shape index (κ2) is 6.75. The molecule has 0 unspecified atom stereocenters. The van der Waals surface area contributed by atoms with Crippen molar-refractivity contribution >= 4 is 10.0 Å². The Balaban J connectivity index is 1.95. The number of nitrogens with one attached hydrogen (secondary N) is 2. The molecule has 5 heteroatoms. The fraction of sp³-hybridized carbons (Fsp3) is 0.391. The molecular weight excluding hydrogens is 368 g/mol. The highest BCUT2D eigenvalue weighted by Gasteiger charge is 2.39. The highest BCUT2D eigenvalue weighted by molar-refractivity contribution is 7.89. The predicted molar refractivity (Wildman–Crippen MR) is 115 cm³/mol. The average Bonchev–Trinajstić information content (AvgIpc) is 2.59. The van der Waals surface area contributed by atoms with E-state index in [9.17, 15) is 8.42 Å². The number of sulfonamides is 1. The lowest BCUT2D eigenvalue weighted by Gasteiger charge is -2.41. The maximum Gasteiger partial charge on any atom is 0.257 e. The highest BCUT2D eigenvalue weighted by atomic mass is 32.2. The molecule has 0 spiro atoms. The van der Waals surface area contributed by atoms with Crippen molar-refractivity contribution < 1.29 is 8.42 Å². The molecule has 1 aliphatic carbocycles. The number of rotatable bonds is 4. The Morgan fingerprint density at radius 1 is 0.821 bits per heavy atom. The number of hydrogen-bond donors (Lipinski definition) is 2. The molecular formula is C23H30N2O2S. The van der Waals surface area contributed by atoms with Crippen LogP contribution in [-0.4, -0.2) is 8.42 Å². The van der Waals surface area contributed by atoms with E-state index < -0.39 is 10.0 Å². The lowest BCUT2D eigenvalue weighted by atomic mass is 9.65. The van der Waals surface area contributed by atoms with E-state index in [1.807, 2.05) is 6.92 Å². The zero-order valence-corrected chi connectivity index (χ0v) is 18.6. The fourth-order valence-electron chi connectivity index (χ4n) is 3.72. The quantitative estimate of drug-likeness (QED) is 0.743. The summed E-state index contributed by atoms with van der Waals surface area (Å²) in [4.78, 5) is 2.81. The number of allylic oxidation sites excluding steroid dienone is 2. The number of hydrogen-bond acceptors (Lipinski definition) is 3. The number of aryl methyl sites for hydroxylation is 3. The molecule has 0 heterocycles. The molecule has 0 fully saturated rings. The lowest BCUT2D eigenvalue weighted by Crippen LogP contribution is -2.46. The summed E-state index contributed by atoms with van der Waals surface area (Å²) >= 11 is 0. The Kier molecular flexibility index (Phi) is 4.97. The zero-order chi connectivity index (χ0) is 20.9. The molecule has 4 nitrogen and oxygen atoms in total. The van der Waals surface area contributed by atoms with Gasteiger partial charge in [0.2, 0.25) is 0 Å². The first-order valence-electron chi connectivity index (χ1n) is 9.54. The van der Waals surface area contributed by atoms with Gasteiger partial charge < -0.3 is 5.43 Å². The van der Waals surface area contributed by atoms with E-state index in [1.165, 1.54) is 22.3 Å². The van der Waals surface area contributed by atoms with Crippen LogP contribution in [0.2, 0.25) is 0 Å². The lowest BCUT2D eigenvalue weighted by molar-refractivity contribution is 0.479. The molecule has 2 aromatic rings. The van der Waals surface area contributed by atoms with Crippen LogP contribution >= 0.6 is 0 Å². The largest absolute Gasteiger partial charge is 0.311 e. The van der Waals surface area contributed by atoms with Gasteiger partial charge in [-0.1, -0.05) is 63.6 Å². The number of fused-ring (bicyclic) bond motifs is 1. The summed E-state index contributed by atoms with van der Waals surface area (Å²) < 4.78 is 25.4. The van der Waals surface area contributed by atoms with Crippen molar-refractivity contribution in [2.24, 2.45) is 0 Å². The predicted octanol–water partition coefficient (Wildman–Crippen LogP) is 4.55. The summed E-state index contributed by atoms with van der Waals surface area (Å²) in [7, 11) is -3.66. The van der Waals surface area contributed by atoms with Crippen molar-refractivity contribution in [2.75, 3.05) is 0 Å². The first-order chi connectivity index (χ1) is 12.8. The van der Waals surface area contributed by atoms with Crippen molar-refractivity contribution in [1.29, 1.82) is 0 Å². The third-order valence-corrected chi connectivity index (χ3v) is 7.09. The third kappa shape index (κ3) is 3.61. The van der Waals surface area contributed by atoms with Crippen molar-refractivity contribution in [3.05, 3.63) is 76.0 Å². The van der Waals surface area contributed by atoms with E-state index in [1.54, 1.807) is 24.3 Å². The van der Waals surface area contributed by atoms with Gasteiger partial charge in [-0.05, 0) is 55.2 Å². The maximum atomic E-state index is 12.7. The van der Waals surface area contributed by atoms with Gasteiger partial charge >= 0.3 is 0 Å². The Labute approximate surface area is 169 Å². The normalized spacial score (nSPS) is 17.6. The van der Waals surface area contributed by atoms with Crippen molar-refractivity contribution in [1.82, 2.24) is 10.3 Å². The van der Waals surface area contributed by atoms with E-state index in [2.05, 4.69) is 70.0 Å². The molecule has 2 aromatic carbocycles. The van der Waals surface area contributed by atoms with Crippen LogP contribution in [0.15, 0.2) is 53.1 Å². The molecule has 0 saturated carbocycles. The van der Waals surface area contributed by atoms with Gasteiger partial charge in [0.1, 0.15) is 0 Å². The third-order valence-electron chi connectivity index (χ3n) is 5.83. The van der Waals surface area contributed by atoms with Gasteiger partial charge in [0.25, 0.3) is 10.0 Å². The van der Waals surface area contributed by atoms with Crippen molar-refractivity contribution in [3.63, 3.8) is 0 Å². The van der Waals surface area contributed by atoms with E-state index in [-0.39, 0.29) is 15.7 Å². The smallest absolute Gasteiger partial charge is 0.257 e. The SMILES string of the molecule is Cc1ccc(S(=O)(=O)NNC2=CC(C)(C)c3cc(C)c(C)cc3C2(C)C)cc1. The first-order valence-corrected chi connectivity index (χ1v) is 11.0. The Hall–Kier alpha value is -2.11. The molecule has 150 valence electrons. The molecule has 0 aliphatic heterocycles. The summed E-state index contributed by atoms with van der Waals surface area (Å²) in [5.74, 6) is 0. The molecule has 3 rings (SSSR count). The molecule has 28 heavy (non-hydrogen) atoms. The van der Waals surface area contributed by atoms with Crippen LogP contribution in [0, 0.1) is 20.8 Å². The van der Waals surface area contributed by atoms with Crippen LogP contribution in [0.4, 0.5) is 0 Å². The molecule has 0 amide bonds. The molecule has 1 aliphatic rings. The summed E-state index contributed by atoms with van der Waals surface area (Å²) in [6.45, 7) is 14.7. The summed E-state index contributed by atoms with van der Waals surface area (Å²) in [5.41, 5.74) is 9.35. The van der Waals surface area contributed by atoms with E-state index >= 15 is 0 Å². The fourth-order valence-corrected chi connectivity index (χ4v) is 4.58. The molecule has 0 radical (unpaired) electrons. The number of benzene rings is 2. The first kappa shape index (κ1) is 20.6. The minimum atomic E-state index is -3.66. The summed E-state index contributed by atoms with van der Waals surface area (Å²) in [5, 5.41) is 0. The van der Waals surface area contributed by atoms with Gasteiger partial charge in [-0.15, -0.1) is 4.83 Å². The van der Waals surface area contributed by atoms with Crippen LogP contribution in [0.3, 0.4) is 0 Å². The minimum absolute atomic E-state index is 0.207. The monoisotopic (exact) mass is 398 g/mol. The van der Waals surface area contributed by atoms with Crippen molar-refractivity contribution in [3.8, 4) is 0 Å². The highest BCUT2D eigenvalue weighted by Crippen LogP contribution is 2.45. The molecule has 2 N–H and O–H groups in total. The van der Waals surface area contributed by atoms with Crippen LogP contribution in [-0.2, 0) is 20.9 Å². The molecule has 0 saturated heterocycles. The van der Waals surface area contributed by atoms with Crippen LogP contribution in [0.25, 0.3) is 0 Å². The van der Waals surface area contributed by atoms with Crippen LogP contribution in [0.1, 0.15) is 55.5 Å². The Bertz CT molecular complexity index is 1050. The standard InChI is InChI=1S/C23H30N2O2S/c1-15-8-10-18(11-9-15)28(26,27)25-24-21-14-22(4,5)19-12-16(2)17(3)13-20(19)23(21,6)7/h8-14,24-25H,1-7H3. The Morgan fingerprint density at radius 3 is 1.93 bits per heavy atom. The molecule has 0 aromatic heterocycles. The Morgan fingerprint density at radius 2 is 1.36 bits per heavy atom. The average molecular weight is 399 g/mol. The topological polar surface area (TPSA) is 58.2 Å². The van der Waals surface area contributed by atoms with Crippen molar-refractivity contribution in [2.45, 2.75) is 64.2 Å². The van der Waals surface area contributed by atoms with Crippen LogP contribution < -0.4 is 10.3 Å². The molecule has 0 atom stereocenters. The maximum absolute atomic E-state index is 12.7.